The molecular formula is C21H31BrO2. The fourth-order valence-corrected chi connectivity index (χ4v) is 7.07. The maximum atomic E-state index is 11.6. The van der Waals surface area contributed by atoms with E-state index in [1.807, 2.05) is 0 Å². The molecule has 0 heterocycles. The van der Waals surface area contributed by atoms with Crippen LogP contribution in [-0.2, 0) is 9.53 Å². The highest BCUT2D eigenvalue weighted by molar-refractivity contribution is 9.09. The molecule has 4 rings (SSSR count). The summed E-state index contributed by atoms with van der Waals surface area (Å²) >= 11 is 3.21. The Balaban J connectivity index is 1.55. The van der Waals surface area contributed by atoms with Crippen LogP contribution in [0.3, 0.4) is 0 Å². The minimum Gasteiger partial charge on any atom is -0.461 e. The van der Waals surface area contributed by atoms with Gasteiger partial charge in [-0.3, -0.25) is 4.79 Å². The molecule has 3 fully saturated rings. The largest absolute Gasteiger partial charge is 0.461 e. The van der Waals surface area contributed by atoms with Crippen LogP contribution in [0.25, 0.3) is 0 Å². The van der Waals surface area contributed by atoms with Crippen LogP contribution in [0.5, 0.6) is 0 Å². The summed E-state index contributed by atoms with van der Waals surface area (Å²) in [6.45, 7) is 5.09. The predicted octanol–water partition coefficient (Wildman–Crippen LogP) is 5.65. The Morgan fingerprint density at radius 3 is 2.83 bits per heavy atom. The van der Waals surface area contributed by atoms with E-state index < -0.39 is 0 Å². The van der Waals surface area contributed by atoms with E-state index in [2.05, 4.69) is 35.9 Å². The Morgan fingerprint density at radius 2 is 2.04 bits per heavy atom. The number of hydrogen-bond acceptors (Lipinski definition) is 2. The van der Waals surface area contributed by atoms with E-state index in [9.17, 15) is 4.79 Å². The van der Waals surface area contributed by atoms with Crippen molar-refractivity contribution in [3.05, 3.63) is 11.6 Å². The van der Waals surface area contributed by atoms with Crippen LogP contribution in [-0.4, -0.2) is 17.4 Å². The first-order valence-corrected chi connectivity index (χ1v) is 11.0. The maximum absolute atomic E-state index is 11.6. The number of esters is 1. The maximum Gasteiger partial charge on any atom is 0.316 e. The van der Waals surface area contributed by atoms with Crippen molar-refractivity contribution in [1.29, 1.82) is 0 Å². The van der Waals surface area contributed by atoms with Crippen LogP contribution >= 0.6 is 15.9 Å². The zero-order chi connectivity index (χ0) is 16.9. The molecule has 0 aromatic heterocycles. The highest BCUT2D eigenvalue weighted by Gasteiger charge is 2.55. The van der Waals surface area contributed by atoms with Gasteiger partial charge in [-0.2, -0.15) is 0 Å². The number of allylic oxidation sites excluding steroid dienone is 1. The molecule has 0 aromatic carbocycles. The smallest absolute Gasteiger partial charge is 0.316 e. The lowest BCUT2D eigenvalue weighted by Gasteiger charge is -2.57. The van der Waals surface area contributed by atoms with Crippen LogP contribution in [0.15, 0.2) is 11.6 Å². The minimum atomic E-state index is -0.114. The molecule has 0 aromatic rings. The number of alkyl halides is 1. The average Bonchev–Trinajstić information content (AvgIpc) is 2.97. The zero-order valence-corrected chi connectivity index (χ0v) is 16.7. The molecule has 134 valence electrons. The molecular weight excluding hydrogens is 364 g/mol. The summed E-state index contributed by atoms with van der Waals surface area (Å²) in [4.78, 5) is 11.6. The van der Waals surface area contributed by atoms with Gasteiger partial charge in [0, 0.05) is 6.42 Å². The Morgan fingerprint density at radius 1 is 1.21 bits per heavy atom. The molecule has 0 bridgehead atoms. The van der Waals surface area contributed by atoms with Crippen molar-refractivity contribution in [2.75, 3.05) is 5.33 Å². The molecule has 0 radical (unpaired) electrons. The number of carbonyl (C=O) groups excluding carboxylic acids is 1. The average molecular weight is 395 g/mol. The van der Waals surface area contributed by atoms with E-state index in [1.165, 1.54) is 44.9 Å². The fraction of sp³-hybridized carbons (Fsp3) is 0.857. The van der Waals surface area contributed by atoms with Gasteiger partial charge in [0.2, 0.25) is 0 Å². The summed E-state index contributed by atoms with van der Waals surface area (Å²) in [6, 6.07) is 0. The van der Waals surface area contributed by atoms with Gasteiger partial charge in [0.15, 0.2) is 0 Å². The van der Waals surface area contributed by atoms with Crippen molar-refractivity contribution < 1.29 is 9.53 Å². The molecule has 0 amide bonds. The quantitative estimate of drug-likeness (QED) is 0.343. The molecule has 6 atom stereocenters. The number of ether oxygens (including phenoxy) is 1. The minimum absolute atomic E-state index is 0.103. The second kappa shape index (κ2) is 6.14. The molecule has 0 N–H and O–H groups in total. The molecule has 3 saturated carbocycles. The molecule has 0 spiro atoms. The predicted molar refractivity (Wildman–Crippen MR) is 100.0 cm³/mol. The van der Waals surface area contributed by atoms with Gasteiger partial charge >= 0.3 is 5.97 Å². The van der Waals surface area contributed by atoms with Gasteiger partial charge in [-0.25, -0.2) is 0 Å². The monoisotopic (exact) mass is 394 g/mol. The molecule has 4 aliphatic carbocycles. The first-order chi connectivity index (χ1) is 11.5. The molecule has 24 heavy (non-hydrogen) atoms. The topological polar surface area (TPSA) is 26.3 Å². The lowest BCUT2D eigenvalue weighted by Crippen LogP contribution is -2.49. The summed E-state index contributed by atoms with van der Waals surface area (Å²) in [6.07, 6.45) is 14.4. The third-order valence-corrected chi connectivity index (χ3v) is 8.70. The van der Waals surface area contributed by atoms with Crippen molar-refractivity contribution >= 4 is 21.9 Å². The molecule has 0 unspecified atom stereocenters. The second-order valence-corrected chi connectivity index (χ2v) is 9.89. The SMILES string of the molecule is C[C@@]12CCC[C@H]1[C@@H]1CC=C3C[C@@H](OC(=O)CBr)CC[C@]3(C)[C@H]1CC2. The second-order valence-electron chi connectivity index (χ2n) is 9.33. The number of halogens is 1. The van der Waals surface area contributed by atoms with Crippen LogP contribution in [0.4, 0.5) is 0 Å². The molecule has 0 saturated heterocycles. The Bertz CT molecular complexity index is 556. The summed E-state index contributed by atoms with van der Waals surface area (Å²) in [5.74, 6) is 2.61. The third-order valence-electron chi connectivity index (χ3n) is 8.25. The van der Waals surface area contributed by atoms with Gasteiger partial charge in [0.1, 0.15) is 11.4 Å². The van der Waals surface area contributed by atoms with E-state index >= 15 is 0 Å². The highest BCUT2D eigenvalue weighted by Crippen LogP contribution is 2.64. The number of fused-ring (bicyclic) bond motifs is 5. The van der Waals surface area contributed by atoms with Gasteiger partial charge < -0.3 is 4.74 Å². The summed E-state index contributed by atoms with van der Waals surface area (Å²) < 4.78 is 5.63. The lowest BCUT2D eigenvalue weighted by atomic mass is 9.48. The third kappa shape index (κ3) is 2.61. The summed E-state index contributed by atoms with van der Waals surface area (Å²) in [7, 11) is 0. The van der Waals surface area contributed by atoms with E-state index in [1.54, 1.807) is 5.57 Å². The Hall–Kier alpha value is -0.310. The van der Waals surface area contributed by atoms with Crippen molar-refractivity contribution in [3.63, 3.8) is 0 Å². The molecule has 2 nitrogen and oxygen atoms in total. The summed E-state index contributed by atoms with van der Waals surface area (Å²) in [5, 5.41) is 0.310. The first kappa shape index (κ1) is 17.1. The van der Waals surface area contributed by atoms with E-state index in [0.29, 0.717) is 16.2 Å². The first-order valence-electron chi connectivity index (χ1n) is 9.91. The van der Waals surface area contributed by atoms with Crippen LogP contribution < -0.4 is 0 Å². The van der Waals surface area contributed by atoms with Crippen molar-refractivity contribution in [2.45, 2.75) is 77.7 Å². The summed E-state index contributed by atoms with van der Waals surface area (Å²) in [5.41, 5.74) is 2.60. The van der Waals surface area contributed by atoms with Crippen LogP contribution in [0.1, 0.15) is 71.6 Å². The molecule has 0 aliphatic heterocycles. The van der Waals surface area contributed by atoms with Gasteiger partial charge in [-0.05, 0) is 73.5 Å². The van der Waals surface area contributed by atoms with Crippen molar-refractivity contribution in [1.82, 2.24) is 0 Å². The fourth-order valence-electron chi connectivity index (χ4n) is 6.94. The standard InChI is InChI=1S/C21H31BrO2/c1-20-9-3-4-17(20)16-6-5-14-12-15(24-19(23)13-22)7-11-21(14,2)18(16)8-10-20/h5,15-18H,3-4,6-13H2,1-2H3/t15-,16-,17-,18-,20-,21-/m0/s1. The van der Waals surface area contributed by atoms with Crippen molar-refractivity contribution in [3.8, 4) is 0 Å². The Labute approximate surface area is 154 Å². The number of hydrogen-bond donors (Lipinski definition) is 0. The molecule has 3 heteroatoms. The molecule has 4 aliphatic rings. The zero-order valence-electron chi connectivity index (χ0n) is 15.2. The number of rotatable bonds is 2. The number of carbonyl (C=O) groups is 1. The van der Waals surface area contributed by atoms with Crippen LogP contribution in [0.2, 0.25) is 0 Å². The van der Waals surface area contributed by atoms with Gasteiger partial charge in [-0.15, -0.1) is 0 Å². The van der Waals surface area contributed by atoms with Crippen LogP contribution in [0, 0.1) is 28.6 Å². The Kier molecular flexibility index (Phi) is 4.38. The highest BCUT2D eigenvalue weighted by atomic mass is 79.9. The van der Waals surface area contributed by atoms with E-state index in [0.717, 1.165) is 30.6 Å². The van der Waals surface area contributed by atoms with Gasteiger partial charge in [0.05, 0.1) is 0 Å². The van der Waals surface area contributed by atoms with Gasteiger partial charge in [0.25, 0.3) is 0 Å². The lowest BCUT2D eigenvalue weighted by molar-refractivity contribution is -0.148. The van der Waals surface area contributed by atoms with E-state index in [4.69, 9.17) is 4.74 Å². The van der Waals surface area contributed by atoms with Gasteiger partial charge in [-0.1, -0.05) is 47.8 Å². The van der Waals surface area contributed by atoms with E-state index in [-0.39, 0.29) is 12.1 Å². The normalized spacial score (nSPS) is 47.2. The van der Waals surface area contributed by atoms with Crippen molar-refractivity contribution in [2.24, 2.45) is 28.6 Å².